The second-order valence-corrected chi connectivity index (χ2v) is 6.84. The monoisotopic (exact) mass is 391 g/mol. The van der Waals surface area contributed by atoms with Crippen molar-refractivity contribution in [2.24, 2.45) is 5.92 Å². The standard InChI is InChI=1S/C19H19BrFNO2/c20-18-12-15(21)6-7-17(18)19(23)22-10-8-14(9-11-22)13-24-16-4-2-1-3-5-16/h1-7,12,14H,8-11,13H2. The van der Waals surface area contributed by atoms with Crippen molar-refractivity contribution >= 4 is 21.8 Å². The highest BCUT2D eigenvalue weighted by atomic mass is 79.9. The zero-order valence-electron chi connectivity index (χ0n) is 13.3. The Hall–Kier alpha value is -1.88. The summed E-state index contributed by atoms with van der Waals surface area (Å²) in [5.74, 6) is 0.927. The average molecular weight is 392 g/mol. The number of para-hydroxylation sites is 1. The van der Waals surface area contributed by atoms with Gasteiger partial charge in [0, 0.05) is 17.6 Å². The smallest absolute Gasteiger partial charge is 0.255 e. The van der Waals surface area contributed by atoms with Gasteiger partial charge in [-0.3, -0.25) is 4.79 Å². The molecule has 0 spiro atoms. The molecule has 126 valence electrons. The van der Waals surface area contributed by atoms with Crippen molar-refractivity contribution in [3.05, 3.63) is 64.4 Å². The van der Waals surface area contributed by atoms with Crippen LogP contribution in [-0.4, -0.2) is 30.5 Å². The molecule has 1 aliphatic heterocycles. The number of amides is 1. The molecule has 0 atom stereocenters. The number of likely N-dealkylation sites (tertiary alicyclic amines) is 1. The lowest BCUT2D eigenvalue weighted by molar-refractivity contribution is 0.0660. The van der Waals surface area contributed by atoms with Gasteiger partial charge in [-0.15, -0.1) is 0 Å². The number of carbonyl (C=O) groups excluding carboxylic acids is 1. The molecule has 1 heterocycles. The summed E-state index contributed by atoms with van der Waals surface area (Å²) in [6.07, 6.45) is 1.83. The van der Waals surface area contributed by atoms with Gasteiger partial charge in [0.05, 0.1) is 12.2 Å². The molecule has 0 saturated carbocycles. The molecule has 0 radical (unpaired) electrons. The van der Waals surface area contributed by atoms with Crippen molar-refractivity contribution in [2.75, 3.05) is 19.7 Å². The number of hydrogen-bond acceptors (Lipinski definition) is 2. The number of benzene rings is 2. The quantitative estimate of drug-likeness (QED) is 0.766. The first-order chi connectivity index (χ1) is 11.6. The van der Waals surface area contributed by atoms with Gasteiger partial charge in [0.2, 0.25) is 0 Å². The van der Waals surface area contributed by atoms with E-state index in [0.29, 0.717) is 35.7 Å². The zero-order chi connectivity index (χ0) is 16.9. The van der Waals surface area contributed by atoms with Crippen molar-refractivity contribution < 1.29 is 13.9 Å². The molecule has 0 unspecified atom stereocenters. The number of rotatable bonds is 4. The SMILES string of the molecule is O=C(c1ccc(F)cc1Br)N1CCC(COc2ccccc2)CC1. The first-order valence-electron chi connectivity index (χ1n) is 8.05. The largest absolute Gasteiger partial charge is 0.493 e. The zero-order valence-corrected chi connectivity index (χ0v) is 14.8. The van der Waals surface area contributed by atoms with Crippen LogP contribution >= 0.6 is 15.9 Å². The second-order valence-electron chi connectivity index (χ2n) is 5.98. The lowest BCUT2D eigenvalue weighted by atomic mass is 9.97. The van der Waals surface area contributed by atoms with Gasteiger partial charge in [0.15, 0.2) is 0 Å². The molecule has 3 rings (SSSR count). The molecule has 0 aromatic heterocycles. The molecular formula is C19H19BrFNO2. The molecule has 2 aromatic carbocycles. The van der Waals surface area contributed by atoms with Crippen LogP contribution in [0.2, 0.25) is 0 Å². The maximum absolute atomic E-state index is 13.2. The lowest BCUT2D eigenvalue weighted by Crippen LogP contribution is -2.39. The second kappa shape index (κ2) is 7.79. The normalized spacial score (nSPS) is 15.3. The molecule has 1 fully saturated rings. The van der Waals surface area contributed by atoms with E-state index >= 15 is 0 Å². The Bertz CT molecular complexity index is 700. The van der Waals surface area contributed by atoms with Crippen LogP contribution in [0, 0.1) is 11.7 Å². The van der Waals surface area contributed by atoms with Crippen molar-refractivity contribution in [3.8, 4) is 5.75 Å². The van der Waals surface area contributed by atoms with Gasteiger partial charge in [-0.2, -0.15) is 0 Å². The third kappa shape index (κ3) is 4.15. The van der Waals surface area contributed by atoms with Crippen LogP contribution < -0.4 is 4.74 Å². The Kier molecular flexibility index (Phi) is 5.51. The Balaban J connectivity index is 1.52. The molecule has 1 aliphatic rings. The minimum Gasteiger partial charge on any atom is -0.493 e. The molecule has 0 aliphatic carbocycles. The maximum Gasteiger partial charge on any atom is 0.255 e. The number of carbonyl (C=O) groups is 1. The topological polar surface area (TPSA) is 29.5 Å². The molecule has 3 nitrogen and oxygen atoms in total. The van der Waals surface area contributed by atoms with Crippen LogP contribution in [0.3, 0.4) is 0 Å². The minimum atomic E-state index is -0.352. The molecule has 24 heavy (non-hydrogen) atoms. The third-order valence-electron chi connectivity index (χ3n) is 4.29. The van der Waals surface area contributed by atoms with E-state index in [-0.39, 0.29) is 11.7 Å². The van der Waals surface area contributed by atoms with Gasteiger partial charge in [0.25, 0.3) is 5.91 Å². The van der Waals surface area contributed by atoms with Crippen molar-refractivity contribution in [1.29, 1.82) is 0 Å². The fourth-order valence-electron chi connectivity index (χ4n) is 2.87. The van der Waals surface area contributed by atoms with E-state index in [4.69, 9.17) is 4.74 Å². The van der Waals surface area contributed by atoms with Gasteiger partial charge in [-0.1, -0.05) is 18.2 Å². The number of nitrogens with zero attached hydrogens (tertiary/aromatic N) is 1. The Morgan fingerprint density at radius 3 is 2.54 bits per heavy atom. The minimum absolute atomic E-state index is 0.0516. The van der Waals surface area contributed by atoms with Gasteiger partial charge in [0.1, 0.15) is 11.6 Å². The molecule has 0 bridgehead atoms. The summed E-state index contributed by atoms with van der Waals surface area (Å²) in [7, 11) is 0. The maximum atomic E-state index is 13.2. The van der Waals surface area contributed by atoms with Crippen molar-refractivity contribution in [3.63, 3.8) is 0 Å². The molecule has 1 saturated heterocycles. The molecule has 1 amide bonds. The number of halogens is 2. The van der Waals surface area contributed by atoms with Crippen molar-refractivity contribution in [2.45, 2.75) is 12.8 Å². The average Bonchev–Trinajstić information content (AvgIpc) is 2.61. The van der Waals surface area contributed by atoms with Crippen LogP contribution in [0.15, 0.2) is 53.0 Å². The van der Waals surface area contributed by atoms with E-state index < -0.39 is 0 Å². The fourth-order valence-corrected chi connectivity index (χ4v) is 3.39. The van der Waals surface area contributed by atoms with Crippen LogP contribution in [-0.2, 0) is 0 Å². The number of ether oxygens (including phenoxy) is 1. The fraction of sp³-hybridized carbons (Fsp3) is 0.316. The van der Waals surface area contributed by atoms with E-state index in [1.54, 1.807) is 0 Å². The highest BCUT2D eigenvalue weighted by Gasteiger charge is 2.25. The first kappa shape index (κ1) is 17.0. The number of piperidine rings is 1. The first-order valence-corrected chi connectivity index (χ1v) is 8.85. The van der Waals surface area contributed by atoms with E-state index in [1.807, 2.05) is 35.2 Å². The highest BCUT2D eigenvalue weighted by Crippen LogP contribution is 2.24. The van der Waals surface area contributed by atoms with Crippen LogP contribution in [0.4, 0.5) is 4.39 Å². The van der Waals surface area contributed by atoms with Gasteiger partial charge >= 0.3 is 0 Å². The van der Waals surface area contributed by atoms with Gasteiger partial charge in [-0.05, 0) is 65.0 Å². The summed E-state index contributed by atoms with van der Waals surface area (Å²) in [5.41, 5.74) is 0.510. The predicted molar refractivity (Wildman–Crippen MR) is 94.7 cm³/mol. The van der Waals surface area contributed by atoms with Crippen LogP contribution in [0.1, 0.15) is 23.2 Å². The van der Waals surface area contributed by atoms with E-state index in [2.05, 4.69) is 15.9 Å². The number of hydrogen-bond donors (Lipinski definition) is 0. The van der Waals surface area contributed by atoms with E-state index in [9.17, 15) is 9.18 Å². The summed E-state index contributed by atoms with van der Waals surface area (Å²) in [6.45, 7) is 2.07. The third-order valence-corrected chi connectivity index (χ3v) is 4.95. The summed E-state index contributed by atoms with van der Waals surface area (Å²) in [6, 6.07) is 14.0. The van der Waals surface area contributed by atoms with E-state index in [0.717, 1.165) is 18.6 Å². The van der Waals surface area contributed by atoms with Crippen molar-refractivity contribution in [1.82, 2.24) is 4.90 Å². The molecule has 5 heteroatoms. The summed E-state index contributed by atoms with van der Waals surface area (Å²) >= 11 is 3.27. The Labute approximate surface area is 149 Å². The Morgan fingerprint density at radius 2 is 1.88 bits per heavy atom. The Morgan fingerprint density at radius 1 is 1.17 bits per heavy atom. The molecule has 2 aromatic rings. The van der Waals surface area contributed by atoms with Crippen LogP contribution in [0.5, 0.6) is 5.75 Å². The summed E-state index contributed by atoms with van der Waals surface area (Å²) in [4.78, 5) is 14.4. The van der Waals surface area contributed by atoms with Gasteiger partial charge in [-0.25, -0.2) is 4.39 Å². The van der Waals surface area contributed by atoms with Gasteiger partial charge < -0.3 is 9.64 Å². The predicted octanol–water partition coefficient (Wildman–Crippen LogP) is 4.52. The summed E-state index contributed by atoms with van der Waals surface area (Å²) in [5, 5.41) is 0. The van der Waals surface area contributed by atoms with Crippen LogP contribution in [0.25, 0.3) is 0 Å². The molecule has 0 N–H and O–H groups in total. The lowest BCUT2D eigenvalue weighted by Gasteiger charge is -2.32. The summed E-state index contributed by atoms with van der Waals surface area (Å²) < 4.78 is 19.5. The molecular weight excluding hydrogens is 373 g/mol. The van der Waals surface area contributed by atoms with E-state index in [1.165, 1.54) is 18.2 Å². The highest BCUT2D eigenvalue weighted by molar-refractivity contribution is 9.10.